The number of nitrogens with zero attached hydrogens (tertiary/aromatic N) is 2. The van der Waals surface area contributed by atoms with Gasteiger partial charge in [0.05, 0.1) is 11.0 Å². The fourth-order valence-electron chi connectivity index (χ4n) is 2.15. The summed E-state index contributed by atoms with van der Waals surface area (Å²) < 4.78 is 2.24. The van der Waals surface area contributed by atoms with Crippen molar-refractivity contribution in [2.75, 3.05) is 6.61 Å². The van der Waals surface area contributed by atoms with Gasteiger partial charge in [-0.15, -0.1) is 0 Å². The molecule has 98 valence electrons. The number of imidazole rings is 1. The zero-order valence-electron chi connectivity index (χ0n) is 10.9. The number of rotatable bonds is 5. The summed E-state index contributed by atoms with van der Waals surface area (Å²) >= 11 is 6.00. The molecule has 3 nitrogen and oxygen atoms in total. The molecular formula is C14H19ClN2O. The minimum atomic E-state index is 0.200. The Kier molecular flexibility index (Phi) is 4.25. The molecule has 0 aliphatic rings. The SMILES string of the molecule is CC(C)Cn1c(CCCO)nc2cc(Cl)ccc21. The predicted molar refractivity (Wildman–Crippen MR) is 75.0 cm³/mol. The average Bonchev–Trinajstić information content (AvgIpc) is 2.63. The van der Waals surface area contributed by atoms with Gasteiger partial charge in [-0.1, -0.05) is 25.4 Å². The van der Waals surface area contributed by atoms with Gasteiger partial charge in [-0.25, -0.2) is 4.98 Å². The van der Waals surface area contributed by atoms with Gasteiger partial charge < -0.3 is 9.67 Å². The normalized spacial score (nSPS) is 11.6. The van der Waals surface area contributed by atoms with Crippen molar-refractivity contribution in [2.24, 2.45) is 5.92 Å². The fraction of sp³-hybridized carbons (Fsp3) is 0.500. The molecule has 0 spiro atoms. The number of hydrogen-bond acceptors (Lipinski definition) is 2. The molecular weight excluding hydrogens is 248 g/mol. The van der Waals surface area contributed by atoms with Crippen LogP contribution in [0.3, 0.4) is 0 Å². The maximum Gasteiger partial charge on any atom is 0.109 e. The Morgan fingerprint density at radius 1 is 1.39 bits per heavy atom. The maximum absolute atomic E-state index is 8.96. The third-order valence-corrected chi connectivity index (χ3v) is 3.13. The quantitative estimate of drug-likeness (QED) is 0.902. The van der Waals surface area contributed by atoms with E-state index in [-0.39, 0.29) is 6.61 Å². The van der Waals surface area contributed by atoms with Crippen molar-refractivity contribution < 1.29 is 5.11 Å². The number of aliphatic hydroxyl groups excluding tert-OH is 1. The summed E-state index contributed by atoms with van der Waals surface area (Å²) in [6.07, 6.45) is 1.55. The molecule has 18 heavy (non-hydrogen) atoms. The molecule has 1 N–H and O–H groups in total. The van der Waals surface area contributed by atoms with Gasteiger partial charge in [0.2, 0.25) is 0 Å². The summed E-state index contributed by atoms with van der Waals surface area (Å²) in [6.45, 7) is 5.53. The maximum atomic E-state index is 8.96. The Labute approximate surface area is 112 Å². The molecule has 0 saturated heterocycles. The molecule has 0 atom stereocenters. The zero-order chi connectivity index (χ0) is 13.1. The molecule has 0 unspecified atom stereocenters. The summed E-state index contributed by atoms with van der Waals surface area (Å²) in [4.78, 5) is 4.63. The van der Waals surface area contributed by atoms with E-state index in [0.29, 0.717) is 10.9 Å². The highest BCUT2D eigenvalue weighted by atomic mass is 35.5. The van der Waals surface area contributed by atoms with Crippen LogP contribution >= 0.6 is 11.6 Å². The van der Waals surface area contributed by atoms with Crippen molar-refractivity contribution >= 4 is 22.6 Å². The second-order valence-corrected chi connectivity index (χ2v) is 5.43. The van der Waals surface area contributed by atoms with E-state index >= 15 is 0 Å². The van der Waals surface area contributed by atoms with E-state index in [1.807, 2.05) is 18.2 Å². The van der Waals surface area contributed by atoms with Gasteiger partial charge in [0, 0.05) is 24.6 Å². The molecule has 1 heterocycles. The molecule has 2 rings (SSSR count). The van der Waals surface area contributed by atoms with E-state index in [2.05, 4.69) is 23.4 Å². The summed E-state index contributed by atoms with van der Waals surface area (Å²) in [5, 5.41) is 9.67. The molecule has 0 amide bonds. The Hall–Kier alpha value is -1.06. The van der Waals surface area contributed by atoms with Gasteiger partial charge >= 0.3 is 0 Å². The fourth-order valence-corrected chi connectivity index (χ4v) is 2.32. The highest BCUT2D eigenvalue weighted by Crippen LogP contribution is 2.22. The first-order valence-electron chi connectivity index (χ1n) is 6.37. The van der Waals surface area contributed by atoms with Crippen LogP contribution in [0.25, 0.3) is 11.0 Å². The van der Waals surface area contributed by atoms with E-state index in [1.165, 1.54) is 0 Å². The summed E-state index contributed by atoms with van der Waals surface area (Å²) in [7, 11) is 0. The highest BCUT2D eigenvalue weighted by Gasteiger charge is 2.11. The summed E-state index contributed by atoms with van der Waals surface area (Å²) in [6, 6.07) is 5.82. The van der Waals surface area contributed by atoms with Gasteiger partial charge in [-0.05, 0) is 30.5 Å². The molecule has 0 radical (unpaired) electrons. The van der Waals surface area contributed by atoms with Crippen LogP contribution in [-0.2, 0) is 13.0 Å². The average molecular weight is 267 g/mol. The standard InChI is InChI=1S/C14H19ClN2O/c1-10(2)9-17-13-6-5-11(15)8-12(13)16-14(17)4-3-7-18/h5-6,8,10,18H,3-4,7,9H2,1-2H3. The lowest BCUT2D eigenvalue weighted by atomic mass is 10.2. The van der Waals surface area contributed by atoms with Crippen LogP contribution in [0.1, 0.15) is 26.1 Å². The second kappa shape index (κ2) is 5.72. The topological polar surface area (TPSA) is 38.0 Å². The number of aromatic nitrogens is 2. The number of hydrogen-bond donors (Lipinski definition) is 1. The van der Waals surface area contributed by atoms with Crippen LogP contribution in [0.15, 0.2) is 18.2 Å². The van der Waals surface area contributed by atoms with Crippen molar-refractivity contribution in [2.45, 2.75) is 33.2 Å². The number of fused-ring (bicyclic) bond motifs is 1. The zero-order valence-corrected chi connectivity index (χ0v) is 11.6. The minimum absolute atomic E-state index is 0.200. The van der Waals surface area contributed by atoms with Crippen molar-refractivity contribution in [3.05, 3.63) is 29.0 Å². The number of benzene rings is 1. The van der Waals surface area contributed by atoms with E-state index in [9.17, 15) is 0 Å². The van der Waals surface area contributed by atoms with Crippen molar-refractivity contribution in [1.29, 1.82) is 0 Å². The van der Waals surface area contributed by atoms with Crippen LogP contribution in [0.5, 0.6) is 0 Å². The van der Waals surface area contributed by atoms with Crippen molar-refractivity contribution in [3.8, 4) is 0 Å². The number of aryl methyl sites for hydroxylation is 1. The molecule has 2 aromatic rings. The molecule has 4 heteroatoms. The second-order valence-electron chi connectivity index (χ2n) is 4.99. The van der Waals surface area contributed by atoms with Gasteiger partial charge in [0.15, 0.2) is 0 Å². The number of aliphatic hydroxyl groups is 1. The van der Waals surface area contributed by atoms with Crippen LogP contribution in [-0.4, -0.2) is 21.3 Å². The molecule has 0 saturated carbocycles. The summed E-state index contributed by atoms with van der Waals surface area (Å²) in [5.74, 6) is 1.60. The van der Waals surface area contributed by atoms with Crippen molar-refractivity contribution in [3.63, 3.8) is 0 Å². The van der Waals surface area contributed by atoms with Gasteiger partial charge in [0.25, 0.3) is 0 Å². The molecule has 0 aliphatic heterocycles. The Bertz CT molecular complexity index is 534. The molecule has 1 aromatic heterocycles. The first kappa shape index (κ1) is 13.4. The first-order valence-corrected chi connectivity index (χ1v) is 6.75. The molecule has 0 fully saturated rings. The Balaban J connectivity index is 2.45. The Morgan fingerprint density at radius 3 is 2.83 bits per heavy atom. The van der Waals surface area contributed by atoms with E-state index in [4.69, 9.17) is 16.7 Å². The van der Waals surface area contributed by atoms with E-state index in [1.54, 1.807) is 0 Å². The monoisotopic (exact) mass is 266 g/mol. The first-order chi connectivity index (χ1) is 8.61. The largest absolute Gasteiger partial charge is 0.396 e. The molecule has 0 aliphatic carbocycles. The lowest BCUT2D eigenvalue weighted by Crippen LogP contribution is -2.09. The third-order valence-electron chi connectivity index (χ3n) is 2.90. The van der Waals surface area contributed by atoms with Gasteiger partial charge in [0.1, 0.15) is 5.82 Å². The lowest BCUT2D eigenvalue weighted by Gasteiger charge is -2.11. The smallest absolute Gasteiger partial charge is 0.109 e. The van der Waals surface area contributed by atoms with Gasteiger partial charge in [-0.3, -0.25) is 0 Å². The lowest BCUT2D eigenvalue weighted by molar-refractivity contribution is 0.286. The van der Waals surface area contributed by atoms with Crippen LogP contribution < -0.4 is 0 Å². The van der Waals surface area contributed by atoms with Gasteiger partial charge in [-0.2, -0.15) is 0 Å². The van der Waals surface area contributed by atoms with E-state index < -0.39 is 0 Å². The molecule has 0 bridgehead atoms. The van der Waals surface area contributed by atoms with E-state index in [0.717, 1.165) is 36.2 Å². The van der Waals surface area contributed by atoms with Crippen LogP contribution in [0.4, 0.5) is 0 Å². The number of halogens is 1. The minimum Gasteiger partial charge on any atom is -0.396 e. The summed E-state index contributed by atoms with van der Waals surface area (Å²) in [5.41, 5.74) is 2.07. The Morgan fingerprint density at radius 2 is 2.17 bits per heavy atom. The van der Waals surface area contributed by atoms with Crippen LogP contribution in [0, 0.1) is 5.92 Å². The third kappa shape index (κ3) is 2.85. The molecule has 1 aromatic carbocycles. The highest BCUT2D eigenvalue weighted by molar-refractivity contribution is 6.31. The van der Waals surface area contributed by atoms with Crippen molar-refractivity contribution in [1.82, 2.24) is 9.55 Å². The van der Waals surface area contributed by atoms with Crippen LogP contribution in [0.2, 0.25) is 5.02 Å². The predicted octanol–water partition coefficient (Wildman–Crippen LogP) is 3.27.